The van der Waals surface area contributed by atoms with Crippen molar-refractivity contribution < 1.29 is 9.90 Å². The maximum absolute atomic E-state index is 10.8. The lowest BCUT2D eigenvalue weighted by Crippen LogP contribution is -2.04. The van der Waals surface area contributed by atoms with Gasteiger partial charge in [0.05, 0.1) is 6.20 Å². The second-order valence-corrected chi connectivity index (χ2v) is 3.12. The maximum Gasteiger partial charge on any atom is 0.354 e. The van der Waals surface area contributed by atoms with E-state index >= 15 is 0 Å². The van der Waals surface area contributed by atoms with Crippen LogP contribution in [-0.4, -0.2) is 35.9 Å². The number of hydrogen-bond acceptors (Lipinski definition) is 4. The molecule has 0 aliphatic rings. The lowest BCUT2D eigenvalue weighted by atomic mass is 10.3. The fraction of sp³-hybridized carbons (Fsp3) is 0.250. The number of carboxylic acids is 1. The normalized spacial score (nSPS) is 10.5. The van der Waals surface area contributed by atoms with Crippen LogP contribution in [0.25, 0.3) is 11.4 Å². The molecule has 2 rings (SSSR count). The van der Waals surface area contributed by atoms with Crippen LogP contribution >= 0.6 is 0 Å². The average Bonchev–Trinajstić information content (AvgIpc) is 2.71. The monoisotopic (exact) mass is 207 g/mol. The Labute approximate surface area is 84.9 Å². The van der Waals surface area contributed by atoms with Crippen molar-refractivity contribution in [3.8, 4) is 11.4 Å². The largest absolute Gasteiger partial charge is 0.477 e. The number of aryl methyl sites for hydroxylation is 2. The molecule has 0 spiro atoms. The van der Waals surface area contributed by atoms with Crippen molar-refractivity contribution in [3.63, 3.8) is 0 Å². The average molecular weight is 207 g/mol. The molecular formula is C8H9N5O2. The van der Waals surface area contributed by atoms with E-state index in [0.29, 0.717) is 11.4 Å². The van der Waals surface area contributed by atoms with E-state index in [-0.39, 0.29) is 5.69 Å². The highest BCUT2D eigenvalue weighted by Gasteiger charge is 2.14. The van der Waals surface area contributed by atoms with E-state index in [2.05, 4.69) is 15.4 Å². The summed E-state index contributed by atoms with van der Waals surface area (Å²) in [6.45, 7) is 0. The lowest BCUT2D eigenvalue weighted by molar-refractivity contribution is 0.0685. The van der Waals surface area contributed by atoms with Gasteiger partial charge in [-0.15, -0.1) is 5.10 Å². The Balaban J connectivity index is 2.46. The summed E-state index contributed by atoms with van der Waals surface area (Å²) in [5.74, 6) is -1.01. The molecule has 0 unspecified atom stereocenters. The van der Waals surface area contributed by atoms with Crippen LogP contribution in [0.1, 0.15) is 10.5 Å². The zero-order valence-corrected chi connectivity index (χ0v) is 8.25. The van der Waals surface area contributed by atoms with Crippen molar-refractivity contribution in [2.45, 2.75) is 0 Å². The van der Waals surface area contributed by atoms with Gasteiger partial charge in [-0.05, 0) is 0 Å². The summed E-state index contributed by atoms with van der Waals surface area (Å²) in [6, 6.07) is 1.46. The van der Waals surface area contributed by atoms with Gasteiger partial charge in [0.15, 0.2) is 0 Å². The van der Waals surface area contributed by atoms with Crippen molar-refractivity contribution in [3.05, 3.63) is 18.0 Å². The van der Waals surface area contributed by atoms with E-state index in [1.54, 1.807) is 20.3 Å². The number of nitrogens with zero attached hydrogens (tertiary/aromatic N) is 5. The van der Waals surface area contributed by atoms with Crippen molar-refractivity contribution in [2.24, 2.45) is 14.1 Å². The Morgan fingerprint density at radius 3 is 2.60 bits per heavy atom. The first-order chi connectivity index (χ1) is 7.08. The molecule has 0 atom stereocenters. The number of hydrogen-bond donors (Lipinski definition) is 1. The van der Waals surface area contributed by atoms with Crippen LogP contribution in [0.2, 0.25) is 0 Å². The molecule has 78 valence electrons. The van der Waals surface area contributed by atoms with Crippen LogP contribution in [0.3, 0.4) is 0 Å². The fourth-order valence-electron chi connectivity index (χ4n) is 1.26. The molecule has 0 saturated carbocycles. The quantitative estimate of drug-likeness (QED) is 0.744. The molecule has 0 fully saturated rings. The SMILES string of the molecule is Cn1cc(-c2cc(C(=O)O)n(C)n2)nn1. The predicted molar refractivity (Wildman–Crippen MR) is 50.2 cm³/mol. The molecular weight excluding hydrogens is 198 g/mol. The first kappa shape index (κ1) is 9.38. The summed E-state index contributed by atoms with van der Waals surface area (Å²) in [4.78, 5) is 10.8. The Kier molecular flexibility index (Phi) is 2.00. The van der Waals surface area contributed by atoms with E-state index in [4.69, 9.17) is 5.11 Å². The zero-order chi connectivity index (χ0) is 11.0. The molecule has 2 aromatic heterocycles. The highest BCUT2D eigenvalue weighted by molar-refractivity contribution is 5.87. The van der Waals surface area contributed by atoms with Crippen molar-refractivity contribution in [2.75, 3.05) is 0 Å². The minimum atomic E-state index is -1.01. The van der Waals surface area contributed by atoms with E-state index in [1.807, 2.05) is 0 Å². The Morgan fingerprint density at radius 1 is 1.40 bits per heavy atom. The van der Waals surface area contributed by atoms with Gasteiger partial charge in [-0.1, -0.05) is 5.21 Å². The maximum atomic E-state index is 10.8. The first-order valence-corrected chi connectivity index (χ1v) is 4.22. The van der Waals surface area contributed by atoms with Gasteiger partial charge < -0.3 is 5.11 Å². The van der Waals surface area contributed by atoms with Gasteiger partial charge in [-0.2, -0.15) is 5.10 Å². The van der Waals surface area contributed by atoms with Crippen LogP contribution in [0, 0.1) is 0 Å². The number of rotatable bonds is 2. The molecule has 0 aromatic carbocycles. The third-order valence-corrected chi connectivity index (χ3v) is 1.96. The molecule has 7 heteroatoms. The minimum absolute atomic E-state index is 0.121. The van der Waals surface area contributed by atoms with E-state index in [0.717, 1.165) is 0 Å². The Morgan fingerprint density at radius 2 is 2.13 bits per heavy atom. The van der Waals surface area contributed by atoms with E-state index in [9.17, 15) is 4.79 Å². The number of carboxylic acid groups (broad SMARTS) is 1. The second-order valence-electron chi connectivity index (χ2n) is 3.12. The lowest BCUT2D eigenvalue weighted by Gasteiger charge is -1.91. The van der Waals surface area contributed by atoms with E-state index < -0.39 is 5.97 Å². The van der Waals surface area contributed by atoms with Gasteiger partial charge in [-0.25, -0.2) is 4.79 Å². The molecule has 2 heterocycles. The number of aromatic carboxylic acids is 1. The van der Waals surface area contributed by atoms with E-state index in [1.165, 1.54) is 15.4 Å². The zero-order valence-electron chi connectivity index (χ0n) is 8.25. The summed E-state index contributed by atoms with van der Waals surface area (Å²) in [7, 11) is 3.31. The molecule has 7 nitrogen and oxygen atoms in total. The summed E-state index contributed by atoms with van der Waals surface area (Å²) in [5, 5.41) is 20.5. The van der Waals surface area contributed by atoms with Gasteiger partial charge in [0, 0.05) is 20.2 Å². The molecule has 2 aromatic rings. The molecule has 0 bridgehead atoms. The molecule has 0 aliphatic carbocycles. The van der Waals surface area contributed by atoms with Gasteiger partial charge in [0.25, 0.3) is 0 Å². The Hall–Kier alpha value is -2.18. The first-order valence-electron chi connectivity index (χ1n) is 4.22. The fourth-order valence-corrected chi connectivity index (χ4v) is 1.26. The summed E-state index contributed by atoms with van der Waals surface area (Å²) in [5.41, 5.74) is 1.18. The molecule has 0 saturated heterocycles. The van der Waals surface area contributed by atoms with Crippen LogP contribution in [0.15, 0.2) is 12.3 Å². The topological polar surface area (TPSA) is 85.8 Å². The molecule has 0 aliphatic heterocycles. The van der Waals surface area contributed by atoms with Crippen molar-refractivity contribution >= 4 is 5.97 Å². The standard InChI is InChI=1S/C8H9N5O2/c1-12-4-6(9-11-12)5-3-7(8(14)15)13(2)10-5/h3-4H,1-2H3,(H,14,15). The molecule has 1 N–H and O–H groups in total. The highest BCUT2D eigenvalue weighted by Crippen LogP contribution is 2.15. The van der Waals surface area contributed by atoms with Crippen LogP contribution < -0.4 is 0 Å². The smallest absolute Gasteiger partial charge is 0.354 e. The van der Waals surface area contributed by atoms with Crippen molar-refractivity contribution in [1.82, 2.24) is 24.8 Å². The molecule has 15 heavy (non-hydrogen) atoms. The van der Waals surface area contributed by atoms with Crippen LogP contribution in [0.5, 0.6) is 0 Å². The Bertz CT molecular complexity index is 513. The van der Waals surface area contributed by atoms with Gasteiger partial charge in [0.1, 0.15) is 17.1 Å². The minimum Gasteiger partial charge on any atom is -0.477 e. The molecule has 0 radical (unpaired) electrons. The van der Waals surface area contributed by atoms with Gasteiger partial charge in [-0.3, -0.25) is 9.36 Å². The van der Waals surface area contributed by atoms with Crippen molar-refractivity contribution in [1.29, 1.82) is 0 Å². The number of aromatic nitrogens is 5. The second kappa shape index (κ2) is 3.19. The predicted octanol–water partition coefficient (Wildman–Crippen LogP) is -0.0862. The molecule has 0 amide bonds. The summed E-state index contributed by atoms with van der Waals surface area (Å²) < 4.78 is 2.83. The summed E-state index contributed by atoms with van der Waals surface area (Å²) >= 11 is 0. The summed E-state index contributed by atoms with van der Waals surface area (Å²) in [6.07, 6.45) is 1.67. The highest BCUT2D eigenvalue weighted by atomic mass is 16.4. The third-order valence-electron chi connectivity index (χ3n) is 1.96. The number of carbonyl (C=O) groups is 1. The van der Waals surface area contributed by atoms with Gasteiger partial charge >= 0.3 is 5.97 Å². The van der Waals surface area contributed by atoms with Crippen LogP contribution in [-0.2, 0) is 14.1 Å². The third kappa shape index (κ3) is 1.58. The van der Waals surface area contributed by atoms with Crippen LogP contribution in [0.4, 0.5) is 0 Å². The van der Waals surface area contributed by atoms with Gasteiger partial charge in [0.2, 0.25) is 0 Å².